The molecule has 0 saturated heterocycles. The third-order valence-corrected chi connectivity index (χ3v) is 1.04. The maximum absolute atomic E-state index is 10.6. The van der Waals surface area contributed by atoms with Crippen LogP contribution in [-0.2, 0) is 19.2 Å². The summed E-state index contributed by atoms with van der Waals surface area (Å²) in [5, 5.41) is 0. The summed E-state index contributed by atoms with van der Waals surface area (Å²) in [5.41, 5.74) is 0. The number of ether oxygens (including phenoxy) is 1. The summed E-state index contributed by atoms with van der Waals surface area (Å²) < 4.78 is 4.56. The first-order valence-electron chi connectivity index (χ1n) is 3.21. The van der Waals surface area contributed by atoms with Crippen LogP contribution in [0.5, 0.6) is 0 Å². The lowest BCUT2D eigenvalue weighted by molar-refractivity contribution is -0.166. The highest BCUT2D eigenvalue weighted by molar-refractivity contribution is 5.78. The highest BCUT2D eigenvalue weighted by Gasteiger charge is 2.17. The minimum Gasteiger partial charge on any atom is -0.451 e. The lowest BCUT2D eigenvalue weighted by Crippen LogP contribution is -2.27. The molecule has 0 aromatic heterocycles. The standard InChI is InChI=1S/C6H11NO4/c1-3-5(8)10-4(2)6(9)11-7/h4H,3,7H2,1-2H3/t4-/m0/s1. The van der Waals surface area contributed by atoms with Gasteiger partial charge in [0.25, 0.3) is 0 Å². The van der Waals surface area contributed by atoms with Crippen molar-refractivity contribution in [2.75, 3.05) is 0 Å². The van der Waals surface area contributed by atoms with Crippen molar-refractivity contribution in [2.45, 2.75) is 26.4 Å². The number of hydrogen-bond acceptors (Lipinski definition) is 5. The summed E-state index contributed by atoms with van der Waals surface area (Å²) in [4.78, 5) is 25.0. The molecule has 64 valence electrons. The van der Waals surface area contributed by atoms with E-state index in [4.69, 9.17) is 0 Å². The minimum atomic E-state index is -0.924. The van der Waals surface area contributed by atoms with Gasteiger partial charge in [0.05, 0.1) is 0 Å². The fourth-order valence-electron chi connectivity index (χ4n) is 0.424. The Morgan fingerprint density at radius 3 is 2.45 bits per heavy atom. The topological polar surface area (TPSA) is 78.6 Å². The van der Waals surface area contributed by atoms with Crippen molar-refractivity contribution < 1.29 is 19.2 Å². The number of nitrogens with two attached hydrogens (primary N) is 1. The first-order chi connectivity index (χ1) is 5.11. The Balaban J connectivity index is 3.77. The zero-order valence-electron chi connectivity index (χ0n) is 6.49. The zero-order chi connectivity index (χ0) is 8.85. The van der Waals surface area contributed by atoms with Crippen LogP contribution in [0.15, 0.2) is 0 Å². The molecule has 0 fully saturated rings. The molecular formula is C6H11NO4. The van der Waals surface area contributed by atoms with Gasteiger partial charge < -0.3 is 9.57 Å². The van der Waals surface area contributed by atoms with Crippen LogP contribution in [-0.4, -0.2) is 18.0 Å². The van der Waals surface area contributed by atoms with Crippen LogP contribution in [0.1, 0.15) is 20.3 Å². The van der Waals surface area contributed by atoms with Crippen molar-refractivity contribution >= 4 is 11.9 Å². The van der Waals surface area contributed by atoms with Crippen LogP contribution in [0.25, 0.3) is 0 Å². The molecule has 0 rings (SSSR count). The third kappa shape index (κ3) is 3.57. The van der Waals surface area contributed by atoms with E-state index in [1.54, 1.807) is 6.92 Å². The lowest BCUT2D eigenvalue weighted by atomic mass is 10.4. The average Bonchev–Trinajstić information content (AvgIpc) is 2.02. The van der Waals surface area contributed by atoms with E-state index in [9.17, 15) is 9.59 Å². The van der Waals surface area contributed by atoms with Crippen LogP contribution in [0.3, 0.4) is 0 Å². The minimum absolute atomic E-state index is 0.224. The summed E-state index contributed by atoms with van der Waals surface area (Å²) in [6.07, 6.45) is -0.699. The summed E-state index contributed by atoms with van der Waals surface area (Å²) in [5.74, 6) is 3.34. The van der Waals surface area contributed by atoms with Gasteiger partial charge in [0.2, 0.25) is 0 Å². The van der Waals surface area contributed by atoms with Crippen LogP contribution < -0.4 is 5.90 Å². The van der Waals surface area contributed by atoms with Gasteiger partial charge in [0.15, 0.2) is 6.10 Å². The Kier molecular flexibility index (Phi) is 4.21. The van der Waals surface area contributed by atoms with Crippen molar-refractivity contribution in [3.8, 4) is 0 Å². The van der Waals surface area contributed by atoms with Gasteiger partial charge in [0, 0.05) is 6.42 Å². The van der Waals surface area contributed by atoms with Crippen molar-refractivity contribution in [1.29, 1.82) is 0 Å². The number of hydrogen-bond donors (Lipinski definition) is 1. The van der Waals surface area contributed by atoms with E-state index in [-0.39, 0.29) is 6.42 Å². The zero-order valence-corrected chi connectivity index (χ0v) is 6.49. The van der Waals surface area contributed by atoms with E-state index in [2.05, 4.69) is 15.5 Å². The van der Waals surface area contributed by atoms with Gasteiger partial charge >= 0.3 is 11.9 Å². The second-order valence-electron chi connectivity index (χ2n) is 1.92. The molecule has 0 aliphatic heterocycles. The molecule has 11 heavy (non-hydrogen) atoms. The molecule has 0 heterocycles. The maximum Gasteiger partial charge on any atom is 0.365 e. The molecule has 0 amide bonds. The Morgan fingerprint density at radius 1 is 1.55 bits per heavy atom. The molecule has 0 aliphatic carbocycles. The fourth-order valence-corrected chi connectivity index (χ4v) is 0.424. The molecular weight excluding hydrogens is 150 g/mol. The molecule has 0 bridgehead atoms. The molecule has 2 N–H and O–H groups in total. The first-order valence-corrected chi connectivity index (χ1v) is 3.21. The molecule has 0 aliphatic rings. The van der Waals surface area contributed by atoms with Crippen molar-refractivity contribution in [3.05, 3.63) is 0 Å². The van der Waals surface area contributed by atoms with Gasteiger partial charge in [-0.15, -0.1) is 0 Å². The van der Waals surface area contributed by atoms with Crippen molar-refractivity contribution in [3.63, 3.8) is 0 Å². The van der Waals surface area contributed by atoms with Crippen LogP contribution in [0.4, 0.5) is 0 Å². The SMILES string of the molecule is CCC(=O)O[C@@H](C)C(=O)ON. The van der Waals surface area contributed by atoms with E-state index in [1.807, 2.05) is 0 Å². The average molecular weight is 161 g/mol. The second kappa shape index (κ2) is 4.68. The number of rotatable bonds is 3. The molecule has 0 aromatic carbocycles. The summed E-state index contributed by atoms with van der Waals surface area (Å²) in [6.45, 7) is 3.02. The van der Waals surface area contributed by atoms with Gasteiger partial charge in [-0.1, -0.05) is 6.92 Å². The molecule has 0 radical (unpaired) electrons. The van der Waals surface area contributed by atoms with E-state index in [1.165, 1.54) is 6.92 Å². The van der Waals surface area contributed by atoms with Gasteiger partial charge in [-0.25, -0.2) is 4.79 Å². The monoisotopic (exact) mass is 161 g/mol. The number of esters is 1. The predicted octanol–water partition coefficient (Wildman–Crippen LogP) is -0.255. The Morgan fingerprint density at radius 2 is 2.09 bits per heavy atom. The summed E-state index contributed by atoms with van der Waals surface area (Å²) >= 11 is 0. The van der Waals surface area contributed by atoms with Gasteiger partial charge in [-0.3, -0.25) is 4.79 Å². The predicted molar refractivity (Wildman–Crippen MR) is 36.1 cm³/mol. The van der Waals surface area contributed by atoms with E-state index in [0.717, 1.165) is 0 Å². The smallest absolute Gasteiger partial charge is 0.365 e. The molecule has 1 atom stereocenters. The van der Waals surface area contributed by atoms with Crippen LogP contribution in [0.2, 0.25) is 0 Å². The van der Waals surface area contributed by atoms with Gasteiger partial charge in [-0.2, -0.15) is 5.90 Å². The molecule has 0 spiro atoms. The molecule has 5 nitrogen and oxygen atoms in total. The molecule has 0 aromatic rings. The normalized spacial score (nSPS) is 11.9. The third-order valence-electron chi connectivity index (χ3n) is 1.04. The van der Waals surface area contributed by atoms with E-state index < -0.39 is 18.0 Å². The number of carbonyl (C=O) groups is 2. The highest BCUT2D eigenvalue weighted by atomic mass is 16.7. The summed E-state index contributed by atoms with van der Waals surface area (Å²) in [7, 11) is 0. The summed E-state index contributed by atoms with van der Waals surface area (Å²) in [6, 6.07) is 0. The molecule has 5 heteroatoms. The first kappa shape index (κ1) is 9.90. The fraction of sp³-hybridized carbons (Fsp3) is 0.667. The van der Waals surface area contributed by atoms with Crippen molar-refractivity contribution in [2.24, 2.45) is 5.90 Å². The highest BCUT2D eigenvalue weighted by Crippen LogP contribution is 1.95. The van der Waals surface area contributed by atoms with Crippen molar-refractivity contribution in [1.82, 2.24) is 0 Å². The maximum atomic E-state index is 10.6. The quantitative estimate of drug-likeness (QED) is 0.456. The van der Waals surface area contributed by atoms with Crippen LogP contribution in [0, 0.1) is 0 Å². The second-order valence-corrected chi connectivity index (χ2v) is 1.92. The lowest BCUT2D eigenvalue weighted by Gasteiger charge is -2.08. The van der Waals surface area contributed by atoms with Crippen LogP contribution >= 0.6 is 0 Å². The Labute approximate surface area is 64.4 Å². The molecule has 0 saturated carbocycles. The Hall–Kier alpha value is -1.10. The van der Waals surface area contributed by atoms with E-state index >= 15 is 0 Å². The Bertz CT molecular complexity index is 157. The largest absolute Gasteiger partial charge is 0.451 e. The van der Waals surface area contributed by atoms with Gasteiger partial charge in [0.1, 0.15) is 0 Å². The van der Waals surface area contributed by atoms with E-state index in [0.29, 0.717) is 0 Å². The molecule has 0 unspecified atom stereocenters. The van der Waals surface area contributed by atoms with Gasteiger partial charge in [-0.05, 0) is 6.92 Å². The number of carbonyl (C=O) groups excluding carboxylic acids is 2.